The molecule has 0 amide bonds. The first kappa shape index (κ1) is 14.4. The van der Waals surface area contributed by atoms with Crippen LogP contribution in [0.1, 0.15) is 72.6 Å². The second-order valence-electron chi connectivity index (χ2n) is 8.44. The lowest BCUT2D eigenvalue weighted by Gasteiger charge is -2.61. The second-order valence-corrected chi connectivity index (χ2v) is 8.44. The molecule has 4 aliphatic rings. The topological polar surface area (TPSA) is 26.3 Å². The van der Waals surface area contributed by atoms with Crippen LogP contribution in [-0.2, 0) is 9.53 Å². The van der Waals surface area contributed by atoms with Crippen LogP contribution in [0.5, 0.6) is 0 Å². The summed E-state index contributed by atoms with van der Waals surface area (Å²) in [6.07, 6.45) is 9.06. The summed E-state index contributed by atoms with van der Waals surface area (Å²) in [5.41, 5.74) is -0.0194. The van der Waals surface area contributed by atoms with Gasteiger partial charge in [-0.2, -0.15) is 0 Å². The molecule has 0 aromatic heterocycles. The fraction of sp³-hybridized carbons (Fsp3) is 0.944. The van der Waals surface area contributed by atoms with Crippen molar-refractivity contribution in [2.75, 3.05) is 0 Å². The SMILES string of the molecule is CCC(C)C(=O)OC(C)(C)C12CC3CC(CC(C3)C1)C2. The summed E-state index contributed by atoms with van der Waals surface area (Å²) in [6, 6.07) is 0. The molecule has 0 N–H and O–H groups in total. The Morgan fingerprint density at radius 2 is 1.60 bits per heavy atom. The molecule has 4 saturated carbocycles. The van der Waals surface area contributed by atoms with Gasteiger partial charge in [0.1, 0.15) is 5.60 Å². The monoisotopic (exact) mass is 278 g/mol. The maximum atomic E-state index is 12.3. The van der Waals surface area contributed by atoms with Gasteiger partial charge in [-0.05, 0) is 76.5 Å². The average molecular weight is 278 g/mol. The lowest BCUT2D eigenvalue weighted by atomic mass is 9.46. The molecular formula is C18H30O2. The van der Waals surface area contributed by atoms with E-state index in [0.29, 0.717) is 0 Å². The fourth-order valence-corrected chi connectivity index (χ4v) is 5.48. The molecule has 2 nitrogen and oxygen atoms in total. The van der Waals surface area contributed by atoms with Crippen molar-refractivity contribution in [3.05, 3.63) is 0 Å². The Labute approximate surface area is 123 Å². The molecule has 0 aromatic carbocycles. The van der Waals surface area contributed by atoms with E-state index in [1.54, 1.807) is 0 Å². The smallest absolute Gasteiger partial charge is 0.309 e. The number of ether oxygens (including phenoxy) is 1. The molecule has 0 heterocycles. The molecule has 0 aliphatic heterocycles. The largest absolute Gasteiger partial charge is 0.459 e. The lowest BCUT2D eigenvalue weighted by molar-refractivity contribution is -0.201. The molecule has 2 heteroatoms. The summed E-state index contributed by atoms with van der Waals surface area (Å²) in [7, 11) is 0. The Morgan fingerprint density at radius 3 is 2.00 bits per heavy atom. The number of hydrogen-bond donors (Lipinski definition) is 0. The summed E-state index contributed by atoms with van der Waals surface area (Å²) in [5, 5.41) is 0. The summed E-state index contributed by atoms with van der Waals surface area (Å²) in [5.74, 6) is 2.75. The molecule has 0 aromatic rings. The number of carbonyl (C=O) groups excluding carboxylic acids is 1. The van der Waals surface area contributed by atoms with Gasteiger partial charge in [-0.25, -0.2) is 0 Å². The maximum Gasteiger partial charge on any atom is 0.309 e. The van der Waals surface area contributed by atoms with Crippen LogP contribution in [0.2, 0.25) is 0 Å². The van der Waals surface area contributed by atoms with Gasteiger partial charge in [-0.1, -0.05) is 13.8 Å². The Hall–Kier alpha value is -0.530. The van der Waals surface area contributed by atoms with Crippen molar-refractivity contribution in [2.24, 2.45) is 29.1 Å². The van der Waals surface area contributed by atoms with Gasteiger partial charge in [0, 0.05) is 5.41 Å². The molecule has 0 spiro atoms. The zero-order chi connectivity index (χ0) is 14.5. The Kier molecular flexibility index (Phi) is 3.42. The minimum absolute atomic E-state index is 0.00763. The normalized spacial score (nSPS) is 40.7. The molecule has 4 fully saturated rings. The molecule has 1 atom stereocenters. The van der Waals surface area contributed by atoms with E-state index in [1.807, 2.05) is 6.92 Å². The third kappa shape index (κ3) is 2.19. The number of rotatable bonds is 4. The van der Waals surface area contributed by atoms with Gasteiger partial charge in [0.2, 0.25) is 0 Å². The Morgan fingerprint density at radius 1 is 1.15 bits per heavy atom. The van der Waals surface area contributed by atoms with Crippen molar-refractivity contribution < 1.29 is 9.53 Å². The van der Waals surface area contributed by atoms with E-state index < -0.39 is 0 Å². The van der Waals surface area contributed by atoms with Crippen molar-refractivity contribution >= 4 is 5.97 Å². The highest BCUT2D eigenvalue weighted by atomic mass is 16.6. The molecule has 0 saturated heterocycles. The van der Waals surface area contributed by atoms with Crippen LogP contribution in [0.4, 0.5) is 0 Å². The zero-order valence-corrected chi connectivity index (χ0v) is 13.6. The molecular weight excluding hydrogens is 248 g/mol. The third-order valence-corrected chi connectivity index (χ3v) is 6.69. The summed E-state index contributed by atoms with van der Waals surface area (Å²) < 4.78 is 6.04. The van der Waals surface area contributed by atoms with Gasteiger partial charge in [-0.15, -0.1) is 0 Å². The van der Waals surface area contributed by atoms with Gasteiger partial charge in [0.25, 0.3) is 0 Å². The summed E-state index contributed by atoms with van der Waals surface area (Å²) in [6.45, 7) is 8.41. The Bertz CT molecular complexity index is 361. The van der Waals surface area contributed by atoms with Crippen molar-refractivity contribution in [1.82, 2.24) is 0 Å². The molecule has 1 unspecified atom stereocenters. The van der Waals surface area contributed by atoms with Gasteiger partial charge in [0.15, 0.2) is 0 Å². The molecule has 20 heavy (non-hydrogen) atoms. The van der Waals surface area contributed by atoms with E-state index in [9.17, 15) is 4.79 Å². The molecule has 4 bridgehead atoms. The predicted octanol–water partition coefficient (Wildman–Crippen LogP) is 4.57. The highest BCUT2D eigenvalue weighted by Gasteiger charge is 2.58. The van der Waals surface area contributed by atoms with Gasteiger partial charge >= 0.3 is 5.97 Å². The van der Waals surface area contributed by atoms with E-state index in [-0.39, 0.29) is 22.9 Å². The van der Waals surface area contributed by atoms with Crippen LogP contribution < -0.4 is 0 Å². The maximum absolute atomic E-state index is 12.3. The molecule has 0 radical (unpaired) electrons. The van der Waals surface area contributed by atoms with E-state index in [1.165, 1.54) is 38.5 Å². The first-order valence-electron chi connectivity index (χ1n) is 8.58. The summed E-state index contributed by atoms with van der Waals surface area (Å²) in [4.78, 5) is 12.3. The second kappa shape index (κ2) is 4.74. The van der Waals surface area contributed by atoms with Crippen molar-refractivity contribution in [2.45, 2.75) is 78.2 Å². The lowest BCUT2D eigenvalue weighted by Crippen LogP contribution is -2.57. The molecule has 4 aliphatic carbocycles. The average Bonchev–Trinajstić information content (AvgIpc) is 2.35. The van der Waals surface area contributed by atoms with Crippen LogP contribution >= 0.6 is 0 Å². The highest BCUT2D eigenvalue weighted by Crippen LogP contribution is 2.64. The van der Waals surface area contributed by atoms with Gasteiger partial charge in [0.05, 0.1) is 5.92 Å². The minimum Gasteiger partial charge on any atom is -0.459 e. The number of esters is 1. The standard InChI is InChI=1S/C18H30O2/c1-5-12(2)16(19)20-17(3,4)18-9-13-6-14(10-18)8-15(7-13)11-18/h12-15H,5-11H2,1-4H3. The van der Waals surface area contributed by atoms with Gasteiger partial charge < -0.3 is 4.74 Å². The van der Waals surface area contributed by atoms with Crippen molar-refractivity contribution in [3.63, 3.8) is 0 Å². The van der Waals surface area contributed by atoms with E-state index in [0.717, 1.165) is 24.2 Å². The van der Waals surface area contributed by atoms with Crippen LogP contribution in [0.25, 0.3) is 0 Å². The van der Waals surface area contributed by atoms with Crippen molar-refractivity contribution in [3.8, 4) is 0 Å². The molecule has 114 valence electrons. The fourth-order valence-electron chi connectivity index (χ4n) is 5.48. The highest BCUT2D eigenvalue weighted by molar-refractivity contribution is 5.72. The van der Waals surface area contributed by atoms with Crippen LogP contribution in [-0.4, -0.2) is 11.6 Å². The predicted molar refractivity (Wildman–Crippen MR) is 80.2 cm³/mol. The Balaban J connectivity index is 1.78. The van der Waals surface area contributed by atoms with Gasteiger partial charge in [-0.3, -0.25) is 4.79 Å². The van der Waals surface area contributed by atoms with Crippen LogP contribution in [0.3, 0.4) is 0 Å². The minimum atomic E-state index is -0.288. The number of carbonyl (C=O) groups is 1. The van der Waals surface area contributed by atoms with Crippen LogP contribution in [0, 0.1) is 29.1 Å². The quantitative estimate of drug-likeness (QED) is 0.704. The zero-order valence-electron chi connectivity index (χ0n) is 13.6. The van der Waals surface area contributed by atoms with E-state index in [2.05, 4.69) is 20.8 Å². The van der Waals surface area contributed by atoms with Crippen LogP contribution in [0.15, 0.2) is 0 Å². The van der Waals surface area contributed by atoms with E-state index in [4.69, 9.17) is 4.74 Å². The third-order valence-electron chi connectivity index (χ3n) is 6.69. The molecule has 4 rings (SSSR count). The summed E-state index contributed by atoms with van der Waals surface area (Å²) >= 11 is 0. The number of hydrogen-bond acceptors (Lipinski definition) is 2. The first-order valence-corrected chi connectivity index (χ1v) is 8.58. The van der Waals surface area contributed by atoms with E-state index >= 15 is 0 Å². The van der Waals surface area contributed by atoms with Crippen molar-refractivity contribution in [1.29, 1.82) is 0 Å². The first-order chi connectivity index (χ1) is 9.35.